The van der Waals surface area contributed by atoms with Crippen molar-refractivity contribution in [3.05, 3.63) is 40.4 Å². The molecule has 0 saturated carbocycles. The van der Waals surface area contributed by atoms with Crippen LogP contribution in [0, 0.1) is 5.82 Å². The van der Waals surface area contributed by atoms with Crippen LogP contribution in [-0.2, 0) is 16.6 Å². The minimum absolute atomic E-state index is 0.116. The highest BCUT2D eigenvalue weighted by molar-refractivity contribution is 7.92. The van der Waals surface area contributed by atoms with Gasteiger partial charge in [0.25, 0.3) is 10.0 Å². The van der Waals surface area contributed by atoms with Crippen LogP contribution in [0.5, 0.6) is 0 Å². The number of nitrogens with zero attached hydrogens (tertiary/aromatic N) is 2. The molecule has 0 aliphatic rings. The van der Waals surface area contributed by atoms with E-state index in [9.17, 15) is 12.8 Å². The smallest absolute Gasteiger partial charge is 0.265 e. The molecule has 0 atom stereocenters. The lowest BCUT2D eigenvalue weighted by molar-refractivity contribution is 0.269. The van der Waals surface area contributed by atoms with Gasteiger partial charge in [0.1, 0.15) is 10.7 Å². The Morgan fingerprint density at radius 1 is 1.33 bits per heavy atom. The van der Waals surface area contributed by atoms with Gasteiger partial charge in [0, 0.05) is 6.20 Å². The molecule has 114 valence electrons. The molecule has 0 bridgehead atoms. The van der Waals surface area contributed by atoms with Crippen LogP contribution < -0.4 is 4.72 Å². The van der Waals surface area contributed by atoms with Crippen LogP contribution in [0.2, 0.25) is 10.0 Å². The van der Waals surface area contributed by atoms with Crippen LogP contribution in [0.4, 0.5) is 10.1 Å². The van der Waals surface area contributed by atoms with Crippen molar-refractivity contribution in [2.24, 2.45) is 0 Å². The highest BCUT2D eigenvalue weighted by Gasteiger charge is 2.20. The zero-order valence-electron chi connectivity index (χ0n) is 10.4. The Labute approximate surface area is 130 Å². The first-order valence-corrected chi connectivity index (χ1v) is 7.88. The molecule has 0 aliphatic heterocycles. The lowest BCUT2D eigenvalue weighted by atomic mass is 10.3. The van der Waals surface area contributed by atoms with E-state index in [1.807, 2.05) is 0 Å². The van der Waals surface area contributed by atoms with Gasteiger partial charge in [-0.25, -0.2) is 12.8 Å². The van der Waals surface area contributed by atoms with E-state index in [-0.39, 0.29) is 33.8 Å². The standard InChI is InChI=1S/C11H10Cl2FN3O3S/c12-9-3-7(14)4-10(13)11(9)16-21(19,20)8-5-15-17(6-8)1-2-18/h3-6,16,18H,1-2H2. The maximum Gasteiger partial charge on any atom is 0.265 e. The molecule has 2 aromatic rings. The third kappa shape index (κ3) is 3.65. The summed E-state index contributed by atoms with van der Waals surface area (Å²) in [6.45, 7) is -0.0161. The van der Waals surface area contributed by atoms with Crippen molar-refractivity contribution in [2.75, 3.05) is 11.3 Å². The highest BCUT2D eigenvalue weighted by atomic mass is 35.5. The van der Waals surface area contributed by atoms with E-state index in [2.05, 4.69) is 9.82 Å². The first-order valence-electron chi connectivity index (χ1n) is 5.64. The van der Waals surface area contributed by atoms with Gasteiger partial charge in [0.15, 0.2) is 0 Å². The second-order valence-corrected chi connectivity index (χ2v) is 6.51. The number of halogens is 3. The summed E-state index contributed by atoms with van der Waals surface area (Å²) in [7, 11) is -3.97. The van der Waals surface area contributed by atoms with E-state index in [0.29, 0.717) is 0 Å². The summed E-state index contributed by atoms with van der Waals surface area (Å²) in [5.74, 6) is -0.677. The highest BCUT2D eigenvalue weighted by Crippen LogP contribution is 2.33. The molecule has 1 aromatic heterocycles. The van der Waals surface area contributed by atoms with E-state index in [4.69, 9.17) is 28.3 Å². The van der Waals surface area contributed by atoms with Crippen LogP contribution in [0.15, 0.2) is 29.4 Å². The first kappa shape index (κ1) is 16.0. The minimum Gasteiger partial charge on any atom is -0.394 e. The summed E-state index contributed by atoms with van der Waals surface area (Å²) in [5, 5.41) is 12.2. The molecule has 2 N–H and O–H groups in total. The summed E-state index contributed by atoms with van der Waals surface area (Å²) in [6.07, 6.45) is 2.35. The normalized spacial score (nSPS) is 11.6. The number of hydrogen-bond acceptors (Lipinski definition) is 4. The van der Waals surface area contributed by atoms with Crippen LogP contribution >= 0.6 is 23.2 Å². The molecule has 21 heavy (non-hydrogen) atoms. The van der Waals surface area contributed by atoms with E-state index in [1.165, 1.54) is 10.9 Å². The van der Waals surface area contributed by atoms with Gasteiger partial charge in [-0.3, -0.25) is 9.40 Å². The number of aromatic nitrogens is 2. The molecule has 0 spiro atoms. The molecule has 0 saturated heterocycles. The van der Waals surface area contributed by atoms with E-state index in [1.54, 1.807) is 0 Å². The maximum absolute atomic E-state index is 13.1. The minimum atomic E-state index is -3.97. The monoisotopic (exact) mass is 353 g/mol. The number of aliphatic hydroxyl groups is 1. The van der Waals surface area contributed by atoms with E-state index >= 15 is 0 Å². The van der Waals surface area contributed by atoms with Crippen molar-refractivity contribution < 1.29 is 17.9 Å². The zero-order chi connectivity index (χ0) is 15.6. The number of aliphatic hydroxyl groups excluding tert-OH is 1. The van der Waals surface area contributed by atoms with Crippen molar-refractivity contribution in [2.45, 2.75) is 11.4 Å². The van der Waals surface area contributed by atoms with Crippen LogP contribution in [0.1, 0.15) is 0 Å². The van der Waals surface area contributed by atoms with Crippen molar-refractivity contribution in [3.8, 4) is 0 Å². The maximum atomic E-state index is 13.1. The second-order valence-electron chi connectivity index (χ2n) is 4.01. The summed E-state index contributed by atoms with van der Waals surface area (Å²) in [4.78, 5) is -0.132. The molecule has 10 heteroatoms. The van der Waals surface area contributed by atoms with Crippen molar-refractivity contribution in [1.29, 1.82) is 0 Å². The van der Waals surface area contributed by atoms with Crippen LogP contribution in [0.25, 0.3) is 0 Å². The number of nitrogens with one attached hydrogen (secondary N) is 1. The van der Waals surface area contributed by atoms with Crippen molar-refractivity contribution >= 4 is 38.9 Å². The Morgan fingerprint density at radius 3 is 2.52 bits per heavy atom. The van der Waals surface area contributed by atoms with Gasteiger partial charge >= 0.3 is 0 Å². The Kier molecular flexibility index (Phi) is 4.72. The number of benzene rings is 1. The average Bonchev–Trinajstić information content (AvgIpc) is 2.84. The Morgan fingerprint density at radius 2 is 1.95 bits per heavy atom. The van der Waals surface area contributed by atoms with Gasteiger partial charge in [0.2, 0.25) is 0 Å². The largest absolute Gasteiger partial charge is 0.394 e. The Hall–Kier alpha value is -1.35. The Balaban J connectivity index is 2.33. The molecule has 1 heterocycles. The predicted molar refractivity (Wildman–Crippen MR) is 76.5 cm³/mol. The number of hydrogen-bond donors (Lipinski definition) is 2. The quantitative estimate of drug-likeness (QED) is 0.862. The van der Waals surface area contributed by atoms with Crippen LogP contribution in [-0.4, -0.2) is 29.9 Å². The lowest BCUT2D eigenvalue weighted by Crippen LogP contribution is -2.13. The SMILES string of the molecule is O=S(=O)(Nc1c(Cl)cc(F)cc1Cl)c1cnn(CCO)c1. The fraction of sp³-hybridized carbons (Fsp3) is 0.182. The van der Waals surface area contributed by atoms with Crippen molar-refractivity contribution in [1.82, 2.24) is 9.78 Å². The van der Waals surface area contributed by atoms with Gasteiger partial charge in [0.05, 0.1) is 35.1 Å². The van der Waals surface area contributed by atoms with Crippen molar-refractivity contribution in [3.63, 3.8) is 0 Å². The molecule has 0 unspecified atom stereocenters. The predicted octanol–water partition coefficient (Wildman–Crippen LogP) is 2.12. The second kappa shape index (κ2) is 6.18. The number of rotatable bonds is 5. The number of anilines is 1. The fourth-order valence-electron chi connectivity index (χ4n) is 1.54. The molecular weight excluding hydrogens is 344 g/mol. The summed E-state index contributed by atoms with van der Waals surface area (Å²) < 4.78 is 40.9. The van der Waals surface area contributed by atoms with Gasteiger partial charge in [-0.2, -0.15) is 5.10 Å². The third-order valence-electron chi connectivity index (χ3n) is 2.49. The topological polar surface area (TPSA) is 84.2 Å². The molecule has 2 rings (SSSR count). The molecule has 6 nitrogen and oxygen atoms in total. The van der Waals surface area contributed by atoms with Gasteiger partial charge < -0.3 is 5.11 Å². The summed E-state index contributed by atoms with van der Waals surface area (Å²) in [5.41, 5.74) is -0.116. The van der Waals surface area contributed by atoms with E-state index < -0.39 is 15.8 Å². The van der Waals surface area contributed by atoms with Gasteiger partial charge in [-0.15, -0.1) is 0 Å². The molecule has 0 aliphatic carbocycles. The Bertz CT molecular complexity index is 741. The molecule has 1 aromatic carbocycles. The third-order valence-corrected chi connectivity index (χ3v) is 4.39. The molecular formula is C11H10Cl2FN3O3S. The van der Waals surface area contributed by atoms with Gasteiger partial charge in [-0.05, 0) is 12.1 Å². The summed E-state index contributed by atoms with van der Waals surface area (Å²) in [6, 6.07) is 1.89. The fourth-order valence-corrected chi connectivity index (χ4v) is 3.26. The first-order chi connectivity index (χ1) is 9.83. The number of sulfonamides is 1. The molecule has 0 radical (unpaired) electrons. The molecule has 0 fully saturated rings. The van der Waals surface area contributed by atoms with Gasteiger partial charge in [-0.1, -0.05) is 23.2 Å². The molecule has 0 amide bonds. The summed E-state index contributed by atoms with van der Waals surface area (Å²) >= 11 is 11.6. The zero-order valence-corrected chi connectivity index (χ0v) is 12.8. The van der Waals surface area contributed by atoms with E-state index in [0.717, 1.165) is 18.3 Å². The van der Waals surface area contributed by atoms with Crippen LogP contribution in [0.3, 0.4) is 0 Å². The lowest BCUT2D eigenvalue weighted by Gasteiger charge is -2.10. The average molecular weight is 354 g/mol.